The summed E-state index contributed by atoms with van der Waals surface area (Å²) in [5, 5.41) is 2.73. The van der Waals surface area contributed by atoms with E-state index in [0.29, 0.717) is 0 Å². The average Bonchev–Trinajstić information content (AvgIpc) is 2.58. The van der Waals surface area contributed by atoms with E-state index < -0.39 is 0 Å². The maximum absolute atomic E-state index is 11.1. The Labute approximate surface area is 93.2 Å². The average molecular weight is 223 g/mol. The number of hydrogen-bond acceptors (Lipinski definition) is 3. The molecular formula is C11H13NO2S. The number of carbonyl (C=O) groups excluding carboxylic acids is 1. The number of cyclic esters (lactones) is 1. The van der Waals surface area contributed by atoms with Crippen LogP contribution in [0.15, 0.2) is 29.2 Å². The highest BCUT2D eigenvalue weighted by Gasteiger charge is 2.31. The first-order valence-corrected chi connectivity index (χ1v) is 6.04. The first-order chi connectivity index (χ1) is 7.20. The molecule has 0 spiro atoms. The molecule has 1 aromatic rings. The molecule has 1 heterocycles. The van der Waals surface area contributed by atoms with Crippen molar-refractivity contribution < 1.29 is 9.53 Å². The molecule has 2 atom stereocenters. The van der Waals surface area contributed by atoms with E-state index in [-0.39, 0.29) is 18.2 Å². The number of alkyl carbamates (subject to hydrolysis) is 1. The van der Waals surface area contributed by atoms with E-state index in [2.05, 4.69) is 11.4 Å². The van der Waals surface area contributed by atoms with E-state index in [0.717, 1.165) is 5.56 Å². The molecule has 1 amide bonds. The number of rotatable bonds is 2. The number of hydrogen-bond donors (Lipinski definition) is 1. The molecule has 1 aliphatic rings. The standard InChI is InChI=1S/C11H13NO2S/c1-7-10(14-11(13)12-7)8-4-3-5-9(6-8)15-2/h3-7,10H,1-2H3,(H,12,13)/t7-,10-/m0/s1. The third-order valence-electron chi connectivity index (χ3n) is 2.46. The van der Waals surface area contributed by atoms with Gasteiger partial charge in [0.05, 0.1) is 6.04 Å². The van der Waals surface area contributed by atoms with E-state index in [1.54, 1.807) is 11.8 Å². The minimum atomic E-state index is -0.331. The van der Waals surface area contributed by atoms with Gasteiger partial charge in [-0.05, 0) is 30.9 Å². The Bertz CT molecular complexity index is 381. The number of nitrogens with one attached hydrogen (secondary N) is 1. The van der Waals surface area contributed by atoms with Gasteiger partial charge in [-0.25, -0.2) is 4.79 Å². The van der Waals surface area contributed by atoms with Crippen LogP contribution in [0, 0.1) is 0 Å². The second-order valence-corrected chi connectivity index (χ2v) is 4.42. The zero-order valence-electron chi connectivity index (χ0n) is 8.69. The van der Waals surface area contributed by atoms with Gasteiger partial charge in [0, 0.05) is 4.90 Å². The lowest BCUT2D eigenvalue weighted by Crippen LogP contribution is -2.23. The van der Waals surface area contributed by atoms with Crippen LogP contribution < -0.4 is 5.32 Å². The molecular weight excluding hydrogens is 210 g/mol. The fraction of sp³-hybridized carbons (Fsp3) is 0.364. The van der Waals surface area contributed by atoms with Crippen molar-refractivity contribution in [2.75, 3.05) is 6.26 Å². The van der Waals surface area contributed by atoms with Gasteiger partial charge in [0.15, 0.2) is 0 Å². The quantitative estimate of drug-likeness (QED) is 0.783. The van der Waals surface area contributed by atoms with Crippen LogP contribution in [0.3, 0.4) is 0 Å². The van der Waals surface area contributed by atoms with Gasteiger partial charge in [-0.3, -0.25) is 0 Å². The topological polar surface area (TPSA) is 38.3 Å². The normalized spacial score (nSPS) is 24.8. The molecule has 1 aliphatic heterocycles. The molecule has 0 saturated carbocycles. The Morgan fingerprint density at radius 1 is 1.47 bits per heavy atom. The predicted octanol–water partition coefficient (Wildman–Crippen LogP) is 2.58. The predicted molar refractivity (Wildman–Crippen MR) is 60.0 cm³/mol. The zero-order valence-corrected chi connectivity index (χ0v) is 9.51. The lowest BCUT2D eigenvalue weighted by Gasteiger charge is -2.13. The summed E-state index contributed by atoms with van der Waals surface area (Å²) >= 11 is 1.68. The summed E-state index contributed by atoms with van der Waals surface area (Å²) in [7, 11) is 0. The SMILES string of the molecule is CSc1cccc([C@H]2OC(=O)N[C@H]2C)c1. The van der Waals surface area contributed by atoms with E-state index in [9.17, 15) is 4.79 Å². The summed E-state index contributed by atoms with van der Waals surface area (Å²) in [5.41, 5.74) is 1.05. The van der Waals surface area contributed by atoms with E-state index >= 15 is 0 Å². The van der Waals surface area contributed by atoms with E-state index in [1.165, 1.54) is 4.90 Å². The van der Waals surface area contributed by atoms with Crippen molar-refractivity contribution in [3.63, 3.8) is 0 Å². The van der Waals surface area contributed by atoms with Crippen LogP contribution in [0.25, 0.3) is 0 Å². The first kappa shape index (κ1) is 10.4. The lowest BCUT2D eigenvalue weighted by molar-refractivity contribution is 0.134. The number of amides is 1. The van der Waals surface area contributed by atoms with E-state index in [4.69, 9.17) is 4.74 Å². The molecule has 1 N–H and O–H groups in total. The maximum atomic E-state index is 11.1. The van der Waals surface area contributed by atoms with Gasteiger partial charge < -0.3 is 10.1 Å². The first-order valence-electron chi connectivity index (χ1n) is 4.82. The molecule has 80 valence electrons. The van der Waals surface area contributed by atoms with E-state index in [1.807, 2.05) is 31.4 Å². The minimum absolute atomic E-state index is 0.0367. The second-order valence-electron chi connectivity index (χ2n) is 3.54. The smallest absolute Gasteiger partial charge is 0.408 e. The van der Waals surface area contributed by atoms with Crippen LogP contribution in [0.5, 0.6) is 0 Å². The van der Waals surface area contributed by atoms with Crippen molar-refractivity contribution >= 4 is 17.9 Å². The van der Waals surface area contributed by atoms with Crippen molar-refractivity contribution in [2.24, 2.45) is 0 Å². The summed E-state index contributed by atoms with van der Waals surface area (Å²) in [6.45, 7) is 1.95. The molecule has 1 saturated heterocycles. The Morgan fingerprint density at radius 3 is 2.87 bits per heavy atom. The molecule has 4 heteroatoms. The van der Waals surface area contributed by atoms with Crippen LogP contribution in [0.2, 0.25) is 0 Å². The Hall–Kier alpha value is -1.16. The Kier molecular flexibility index (Phi) is 2.86. The Balaban J connectivity index is 2.25. The lowest BCUT2D eigenvalue weighted by atomic mass is 10.0. The van der Waals surface area contributed by atoms with Crippen LogP contribution in [0.1, 0.15) is 18.6 Å². The third-order valence-corrected chi connectivity index (χ3v) is 3.18. The zero-order chi connectivity index (χ0) is 10.8. The molecule has 1 fully saturated rings. The van der Waals surface area contributed by atoms with Gasteiger partial charge in [-0.1, -0.05) is 12.1 Å². The molecule has 0 bridgehead atoms. The molecule has 1 aromatic carbocycles. The van der Waals surface area contributed by atoms with Gasteiger partial charge in [0.25, 0.3) is 0 Å². The molecule has 0 radical (unpaired) electrons. The van der Waals surface area contributed by atoms with Gasteiger partial charge in [0.1, 0.15) is 6.10 Å². The van der Waals surface area contributed by atoms with Crippen molar-refractivity contribution in [3.8, 4) is 0 Å². The fourth-order valence-corrected chi connectivity index (χ4v) is 2.16. The summed E-state index contributed by atoms with van der Waals surface area (Å²) in [5.74, 6) is 0. The number of benzene rings is 1. The van der Waals surface area contributed by atoms with Gasteiger partial charge in [0.2, 0.25) is 0 Å². The molecule has 0 aliphatic carbocycles. The fourth-order valence-electron chi connectivity index (χ4n) is 1.69. The third kappa shape index (κ3) is 2.09. The monoisotopic (exact) mass is 223 g/mol. The van der Waals surface area contributed by atoms with Gasteiger partial charge in [-0.15, -0.1) is 11.8 Å². The molecule has 0 unspecified atom stereocenters. The van der Waals surface area contributed by atoms with Crippen molar-refractivity contribution in [1.29, 1.82) is 0 Å². The second kappa shape index (κ2) is 4.14. The highest BCUT2D eigenvalue weighted by Crippen LogP contribution is 2.28. The van der Waals surface area contributed by atoms with Gasteiger partial charge >= 0.3 is 6.09 Å². The Morgan fingerprint density at radius 2 is 2.27 bits per heavy atom. The molecule has 3 nitrogen and oxygen atoms in total. The highest BCUT2D eigenvalue weighted by atomic mass is 32.2. The van der Waals surface area contributed by atoms with Crippen LogP contribution in [-0.4, -0.2) is 18.4 Å². The number of carbonyl (C=O) groups is 1. The largest absolute Gasteiger partial charge is 0.439 e. The summed E-state index contributed by atoms with van der Waals surface area (Å²) in [6.07, 6.45) is 1.54. The molecule has 0 aromatic heterocycles. The number of ether oxygens (including phenoxy) is 1. The van der Waals surface area contributed by atoms with Crippen molar-refractivity contribution in [2.45, 2.75) is 24.0 Å². The van der Waals surface area contributed by atoms with Crippen LogP contribution in [0.4, 0.5) is 4.79 Å². The van der Waals surface area contributed by atoms with Crippen molar-refractivity contribution in [1.82, 2.24) is 5.32 Å². The summed E-state index contributed by atoms with van der Waals surface area (Å²) in [4.78, 5) is 12.2. The van der Waals surface area contributed by atoms with Crippen molar-refractivity contribution in [3.05, 3.63) is 29.8 Å². The number of thioether (sulfide) groups is 1. The molecule has 15 heavy (non-hydrogen) atoms. The summed E-state index contributed by atoms with van der Waals surface area (Å²) in [6, 6.07) is 8.12. The van der Waals surface area contributed by atoms with Crippen LogP contribution in [-0.2, 0) is 4.74 Å². The van der Waals surface area contributed by atoms with Crippen LogP contribution >= 0.6 is 11.8 Å². The molecule has 2 rings (SSSR count). The summed E-state index contributed by atoms with van der Waals surface area (Å²) < 4.78 is 5.20. The maximum Gasteiger partial charge on any atom is 0.408 e. The van der Waals surface area contributed by atoms with Gasteiger partial charge in [-0.2, -0.15) is 0 Å². The minimum Gasteiger partial charge on any atom is -0.439 e. The highest BCUT2D eigenvalue weighted by molar-refractivity contribution is 7.98.